The maximum atomic E-state index is 13.4. The lowest BCUT2D eigenvalue weighted by atomic mass is 9.97. The zero-order chi connectivity index (χ0) is 14.5. The molecule has 0 unspecified atom stereocenters. The lowest BCUT2D eigenvalue weighted by molar-refractivity contribution is -0.116. The van der Waals surface area contributed by atoms with Gasteiger partial charge < -0.3 is 5.32 Å². The van der Waals surface area contributed by atoms with Gasteiger partial charge in [0, 0.05) is 12.5 Å². The Bertz CT molecular complexity index is 599. The Morgan fingerprint density at radius 3 is 2.50 bits per heavy atom. The zero-order valence-corrected chi connectivity index (χ0v) is 11.1. The van der Waals surface area contributed by atoms with Gasteiger partial charge in [0.05, 0.1) is 5.69 Å². The standard InChI is InChI=1S/C16H15F2NO/c1-11(12-5-3-2-4-6-12)9-16(20)19-15-8-7-13(17)10-14(15)18/h2-8,10-11H,9H2,1H3,(H,19,20)/t11-/m1/s1. The molecule has 2 aromatic rings. The van der Waals surface area contributed by atoms with Crippen LogP contribution in [0, 0.1) is 11.6 Å². The van der Waals surface area contributed by atoms with Crippen molar-refractivity contribution in [3.63, 3.8) is 0 Å². The van der Waals surface area contributed by atoms with Crippen molar-refractivity contribution in [3.05, 3.63) is 65.7 Å². The first-order chi connectivity index (χ1) is 9.56. The summed E-state index contributed by atoms with van der Waals surface area (Å²) in [6.07, 6.45) is 0.237. The van der Waals surface area contributed by atoms with Crippen LogP contribution >= 0.6 is 0 Å². The summed E-state index contributed by atoms with van der Waals surface area (Å²) in [5, 5.41) is 2.46. The van der Waals surface area contributed by atoms with E-state index >= 15 is 0 Å². The third-order valence-corrected chi connectivity index (χ3v) is 3.07. The number of nitrogens with one attached hydrogen (secondary N) is 1. The smallest absolute Gasteiger partial charge is 0.225 e. The molecule has 2 rings (SSSR count). The third-order valence-electron chi connectivity index (χ3n) is 3.07. The average Bonchev–Trinajstić information content (AvgIpc) is 2.43. The molecule has 4 heteroatoms. The van der Waals surface area contributed by atoms with E-state index in [0.717, 1.165) is 17.7 Å². The lowest BCUT2D eigenvalue weighted by Crippen LogP contribution is -2.15. The summed E-state index contributed by atoms with van der Waals surface area (Å²) in [6, 6.07) is 12.7. The highest BCUT2D eigenvalue weighted by Gasteiger charge is 2.13. The Kier molecular flexibility index (Phi) is 4.45. The molecule has 0 saturated carbocycles. The first-order valence-electron chi connectivity index (χ1n) is 6.36. The fraction of sp³-hybridized carbons (Fsp3) is 0.188. The summed E-state index contributed by atoms with van der Waals surface area (Å²) in [4.78, 5) is 11.9. The van der Waals surface area contributed by atoms with Crippen molar-refractivity contribution >= 4 is 11.6 Å². The number of halogens is 2. The van der Waals surface area contributed by atoms with Crippen LogP contribution in [0.3, 0.4) is 0 Å². The average molecular weight is 275 g/mol. The number of carbonyl (C=O) groups excluding carboxylic acids is 1. The second kappa shape index (κ2) is 6.28. The van der Waals surface area contributed by atoms with E-state index < -0.39 is 11.6 Å². The second-order valence-corrected chi connectivity index (χ2v) is 4.69. The van der Waals surface area contributed by atoms with Gasteiger partial charge in [-0.15, -0.1) is 0 Å². The summed E-state index contributed by atoms with van der Waals surface area (Å²) >= 11 is 0. The van der Waals surface area contributed by atoms with Gasteiger partial charge in [0.1, 0.15) is 11.6 Å². The van der Waals surface area contributed by atoms with Crippen molar-refractivity contribution in [1.29, 1.82) is 0 Å². The number of hydrogen-bond acceptors (Lipinski definition) is 1. The Balaban J connectivity index is 1.99. The molecule has 1 N–H and O–H groups in total. The van der Waals surface area contributed by atoms with Crippen molar-refractivity contribution in [2.45, 2.75) is 19.3 Å². The van der Waals surface area contributed by atoms with Crippen LogP contribution in [0.25, 0.3) is 0 Å². The topological polar surface area (TPSA) is 29.1 Å². The van der Waals surface area contributed by atoms with E-state index in [0.29, 0.717) is 0 Å². The maximum Gasteiger partial charge on any atom is 0.225 e. The predicted molar refractivity (Wildman–Crippen MR) is 74.5 cm³/mol. The molecule has 0 spiro atoms. The van der Waals surface area contributed by atoms with Crippen LogP contribution in [-0.4, -0.2) is 5.91 Å². The molecule has 1 amide bonds. The van der Waals surface area contributed by atoms with Gasteiger partial charge in [-0.2, -0.15) is 0 Å². The quantitative estimate of drug-likeness (QED) is 0.894. The molecule has 0 aliphatic heterocycles. The molecular formula is C16H15F2NO. The molecule has 2 aromatic carbocycles. The molecule has 104 valence electrons. The van der Waals surface area contributed by atoms with Gasteiger partial charge in [-0.3, -0.25) is 4.79 Å². The highest BCUT2D eigenvalue weighted by atomic mass is 19.1. The Labute approximate surface area is 116 Å². The van der Waals surface area contributed by atoms with E-state index in [2.05, 4.69) is 5.32 Å². The molecule has 0 aromatic heterocycles. The van der Waals surface area contributed by atoms with Gasteiger partial charge in [-0.1, -0.05) is 37.3 Å². The largest absolute Gasteiger partial charge is 0.324 e. The van der Waals surface area contributed by atoms with Crippen molar-refractivity contribution in [1.82, 2.24) is 0 Å². The van der Waals surface area contributed by atoms with Crippen molar-refractivity contribution in [2.24, 2.45) is 0 Å². The minimum absolute atomic E-state index is 0.00309. The number of hydrogen-bond donors (Lipinski definition) is 1. The maximum absolute atomic E-state index is 13.4. The number of carbonyl (C=O) groups is 1. The highest BCUT2D eigenvalue weighted by Crippen LogP contribution is 2.20. The highest BCUT2D eigenvalue weighted by molar-refractivity contribution is 5.91. The molecule has 0 bridgehead atoms. The number of rotatable bonds is 4. The molecule has 0 saturated heterocycles. The molecule has 0 aliphatic carbocycles. The molecule has 0 aliphatic rings. The van der Waals surface area contributed by atoms with Crippen LogP contribution < -0.4 is 5.32 Å². The van der Waals surface area contributed by atoms with E-state index in [-0.39, 0.29) is 23.9 Å². The van der Waals surface area contributed by atoms with Crippen LogP contribution in [0.15, 0.2) is 48.5 Å². The molecule has 0 radical (unpaired) electrons. The van der Waals surface area contributed by atoms with Crippen molar-refractivity contribution < 1.29 is 13.6 Å². The first-order valence-corrected chi connectivity index (χ1v) is 6.36. The van der Waals surface area contributed by atoms with E-state index in [1.807, 2.05) is 37.3 Å². The summed E-state index contributed by atoms with van der Waals surface area (Å²) in [6.45, 7) is 1.93. The van der Waals surface area contributed by atoms with Gasteiger partial charge in [0.15, 0.2) is 0 Å². The van der Waals surface area contributed by atoms with Crippen LogP contribution in [0.4, 0.5) is 14.5 Å². The van der Waals surface area contributed by atoms with Crippen LogP contribution in [0.2, 0.25) is 0 Å². The van der Waals surface area contributed by atoms with E-state index in [1.54, 1.807) is 0 Å². The number of amides is 1. The number of anilines is 1. The third kappa shape index (κ3) is 3.63. The summed E-state index contributed by atoms with van der Waals surface area (Å²) in [5.74, 6) is -1.71. The molecular weight excluding hydrogens is 260 g/mol. The minimum atomic E-state index is -0.772. The van der Waals surface area contributed by atoms with E-state index in [9.17, 15) is 13.6 Å². The van der Waals surface area contributed by atoms with Crippen LogP contribution in [-0.2, 0) is 4.79 Å². The van der Waals surface area contributed by atoms with Crippen LogP contribution in [0.5, 0.6) is 0 Å². The Hall–Kier alpha value is -2.23. The van der Waals surface area contributed by atoms with Gasteiger partial charge in [-0.05, 0) is 23.6 Å². The SMILES string of the molecule is C[C@H](CC(=O)Nc1ccc(F)cc1F)c1ccccc1. The number of benzene rings is 2. The fourth-order valence-electron chi connectivity index (χ4n) is 1.97. The van der Waals surface area contributed by atoms with Gasteiger partial charge in [-0.25, -0.2) is 8.78 Å². The normalized spacial score (nSPS) is 11.9. The molecule has 20 heavy (non-hydrogen) atoms. The van der Waals surface area contributed by atoms with E-state index in [1.165, 1.54) is 6.07 Å². The Morgan fingerprint density at radius 1 is 1.15 bits per heavy atom. The fourth-order valence-corrected chi connectivity index (χ4v) is 1.97. The molecule has 1 atom stereocenters. The summed E-state index contributed by atoms with van der Waals surface area (Å²) in [5.41, 5.74) is 1.04. The van der Waals surface area contributed by atoms with Gasteiger partial charge in [0.2, 0.25) is 5.91 Å². The van der Waals surface area contributed by atoms with Gasteiger partial charge in [0.25, 0.3) is 0 Å². The molecule has 2 nitrogen and oxygen atoms in total. The first kappa shape index (κ1) is 14.2. The molecule has 0 fully saturated rings. The molecule has 0 heterocycles. The predicted octanol–water partition coefficient (Wildman–Crippen LogP) is 4.10. The summed E-state index contributed by atoms with van der Waals surface area (Å²) < 4.78 is 26.2. The lowest BCUT2D eigenvalue weighted by Gasteiger charge is -2.12. The minimum Gasteiger partial charge on any atom is -0.324 e. The summed E-state index contributed by atoms with van der Waals surface area (Å²) in [7, 11) is 0. The van der Waals surface area contributed by atoms with E-state index in [4.69, 9.17) is 0 Å². The second-order valence-electron chi connectivity index (χ2n) is 4.69. The monoisotopic (exact) mass is 275 g/mol. The van der Waals surface area contributed by atoms with Gasteiger partial charge >= 0.3 is 0 Å². The zero-order valence-electron chi connectivity index (χ0n) is 11.1. The Morgan fingerprint density at radius 2 is 1.85 bits per heavy atom. The van der Waals surface area contributed by atoms with Crippen LogP contribution in [0.1, 0.15) is 24.8 Å². The van der Waals surface area contributed by atoms with Crippen molar-refractivity contribution in [3.8, 4) is 0 Å². The van der Waals surface area contributed by atoms with Crippen molar-refractivity contribution in [2.75, 3.05) is 5.32 Å².